The molecule has 0 saturated heterocycles. The van der Waals surface area contributed by atoms with Gasteiger partial charge in [0.1, 0.15) is 9.84 Å². The molecule has 0 spiro atoms. The molecule has 2 rings (SSSR count). The number of halogens is 1. The summed E-state index contributed by atoms with van der Waals surface area (Å²) < 4.78 is 24.4. The SMILES string of the molecule is CS(=O)(=O)C1CCCC(C(O)c2ccccc2I)C1. The quantitative estimate of drug-likeness (QED) is 0.803. The second kappa shape index (κ2) is 6.10. The topological polar surface area (TPSA) is 54.4 Å². The summed E-state index contributed by atoms with van der Waals surface area (Å²) in [4.78, 5) is 0. The Kier molecular flexibility index (Phi) is 4.89. The Morgan fingerprint density at radius 3 is 2.63 bits per heavy atom. The first-order valence-electron chi connectivity index (χ1n) is 6.51. The van der Waals surface area contributed by atoms with Crippen molar-refractivity contribution in [1.29, 1.82) is 0 Å². The maximum absolute atomic E-state index is 11.7. The lowest BCUT2D eigenvalue weighted by molar-refractivity contribution is 0.0850. The average molecular weight is 394 g/mol. The smallest absolute Gasteiger partial charge is 0.150 e. The Balaban J connectivity index is 2.16. The number of benzene rings is 1. The van der Waals surface area contributed by atoms with Crippen molar-refractivity contribution in [2.45, 2.75) is 37.0 Å². The largest absolute Gasteiger partial charge is 0.388 e. The summed E-state index contributed by atoms with van der Waals surface area (Å²) in [5.41, 5.74) is 0.919. The highest BCUT2D eigenvalue weighted by Crippen LogP contribution is 2.37. The minimum Gasteiger partial charge on any atom is -0.388 e. The van der Waals surface area contributed by atoms with Crippen LogP contribution in [0.3, 0.4) is 0 Å². The molecule has 1 N–H and O–H groups in total. The lowest BCUT2D eigenvalue weighted by atomic mass is 9.82. The normalized spacial score (nSPS) is 26.1. The van der Waals surface area contributed by atoms with E-state index in [1.165, 1.54) is 6.26 Å². The molecule has 0 bridgehead atoms. The summed E-state index contributed by atoms with van der Waals surface area (Å²) in [6.07, 6.45) is 3.83. The molecule has 1 aromatic carbocycles. The maximum Gasteiger partial charge on any atom is 0.150 e. The van der Waals surface area contributed by atoms with Crippen LogP contribution in [0.4, 0.5) is 0 Å². The van der Waals surface area contributed by atoms with E-state index in [2.05, 4.69) is 22.6 Å². The highest BCUT2D eigenvalue weighted by atomic mass is 127. The van der Waals surface area contributed by atoms with E-state index in [-0.39, 0.29) is 11.2 Å². The number of aliphatic hydroxyl groups excluding tert-OH is 1. The first-order chi connectivity index (χ1) is 8.89. The van der Waals surface area contributed by atoms with E-state index in [9.17, 15) is 13.5 Å². The van der Waals surface area contributed by atoms with Crippen LogP contribution in [0.5, 0.6) is 0 Å². The maximum atomic E-state index is 11.7. The summed E-state index contributed by atoms with van der Waals surface area (Å²) in [5.74, 6) is 0.0457. The van der Waals surface area contributed by atoms with Crippen molar-refractivity contribution in [2.75, 3.05) is 6.26 Å². The standard InChI is InChI=1S/C14H19IO3S/c1-19(17,18)11-6-4-5-10(9-11)14(16)12-7-2-3-8-13(12)15/h2-3,7-8,10-11,14,16H,4-6,9H2,1H3. The molecule has 106 valence electrons. The Labute approximate surface area is 128 Å². The van der Waals surface area contributed by atoms with Gasteiger partial charge in [-0.25, -0.2) is 8.42 Å². The number of hydrogen-bond acceptors (Lipinski definition) is 3. The minimum atomic E-state index is -3.00. The van der Waals surface area contributed by atoms with Crippen LogP contribution in [0.2, 0.25) is 0 Å². The van der Waals surface area contributed by atoms with Crippen LogP contribution in [0.1, 0.15) is 37.4 Å². The van der Waals surface area contributed by atoms with Gasteiger partial charge in [-0.15, -0.1) is 0 Å². The van der Waals surface area contributed by atoms with Crippen LogP contribution < -0.4 is 0 Å². The summed E-state index contributed by atoms with van der Waals surface area (Å²) in [5, 5.41) is 10.2. The van der Waals surface area contributed by atoms with Gasteiger partial charge in [-0.05, 0) is 59.4 Å². The number of rotatable bonds is 3. The third-order valence-corrected chi connectivity index (χ3v) is 6.56. The van der Waals surface area contributed by atoms with Crippen LogP contribution in [0, 0.1) is 9.49 Å². The fraction of sp³-hybridized carbons (Fsp3) is 0.571. The van der Waals surface area contributed by atoms with Crippen LogP contribution in [-0.2, 0) is 9.84 Å². The highest BCUT2D eigenvalue weighted by Gasteiger charge is 2.33. The second-order valence-corrected chi connectivity index (χ2v) is 8.83. The van der Waals surface area contributed by atoms with Crippen LogP contribution in [-0.4, -0.2) is 25.0 Å². The summed E-state index contributed by atoms with van der Waals surface area (Å²) in [7, 11) is -3.00. The fourth-order valence-corrected chi connectivity index (χ4v) is 4.72. The Morgan fingerprint density at radius 2 is 2.00 bits per heavy atom. The molecule has 0 aliphatic heterocycles. The van der Waals surface area contributed by atoms with Gasteiger partial charge in [0.05, 0.1) is 11.4 Å². The van der Waals surface area contributed by atoms with Crippen LogP contribution >= 0.6 is 22.6 Å². The molecule has 0 aromatic heterocycles. The zero-order chi connectivity index (χ0) is 14.0. The molecule has 1 aliphatic carbocycles. The average Bonchev–Trinajstić information content (AvgIpc) is 2.38. The molecule has 0 heterocycles. The fourth-order valence-electron chi connectivity index (χ4n) is 2.83. The molecule has 3 nitrogen and oxygen atoms in total. The van der Waals surface area contributed by atoms with E-state index in [4.69, 9.17) is 0 Å². The number of hydrogen-bond donors (Lipinski definition) is 1. The van der Waals surface area contributed by atoms with E-state index >= 15 is 0 Å². The predicted octanol–water partition coefficient (Wildman–Crippen LogP) is 2.93. The van der Waals surface area contributed by atoms with Crippen molar-refractivity contribution in [3.05, 3.63) is 33.4 Å². The van der Waals surface area contributed by atoms with Crippen LogP contribution in [0.15, 0.2) is 24.3 Å². The van der Waals surface area contributed by atoms with Crippen molar-refractivity contribution >= 4 is 32.4 Å². The van der Waals surface area contributed by atoms with E-state index in [1.54, 1.807) is 0 Å². The molecule has 1 aliphatic rings. The molecule has 3 atom stereocenters. The zero-order valence-corrected chi connectivity index (χ0v) is 13.9. The van der Waals surface area contributed by atoms with Gasteiger partial charge in [-0.2, -0.15) is 0 Å². The first-order valence-corrected chi connectivity index (χ1v) is 9.54. The van der Waals surface area contributed by atoms with Crippen molar-refractivity contribution in [1.82, 2.24) is 0 Å². The van der Waals surface area contributed by atoms with Crippen LogP contribution in [0.25, 0.3) is 0 Å². The van der Waals surface area contributed by atoms with Gasteiger partial charge in [0.2, 0.25) is 0 Å². The predicted molar refractivity (Wildman–Crippen MR) is 84.7 cm³/mol. The third kappa shape index (κ3) is 3.70. The lowest BCUT2D eigenvalue weighted by Crippen LogP contribution is -2.30. The Morgan fingerprint density at radius 1 is 1.32 bits per heavy atom. The van der Waals surface area contributed by atoms with Crippen molar-refractivity contribution < 1.29 is 13.5 Å². The molecule has 5 heteroatoms. The molecular formula is C14H19IO3S. The van der Waals surface area contributed by atoms with Gasteiger partial charge >= 0.3 is 0 Å². The molecule has 19 heavy (non-hydrogen) atoms. The zero-order valence-electron chi connectivity index (χ0n) is 10.9. The third-order valence-electron chi connectivity index (χ3n) is 3.94. The van der Waals surface area contributed by atoms with E-state index in [0.29, 0.717) is 6.42 Å². The summed E-state index contributed by atoms with van der Waals surface area (Å²) in [6, 6.07) is 7.75. The molecule has 1 saturated carbocycles. The molecule has 1 aromatic rings. The van der Waals surface area contributed by atoms with Gasteiger partial charge in [-0.3, -0.25) is 0 Å². The Bertz CT molecular complexity index is 541. The van der Waals surface area contributed by atoms with E-state index in [0.717, 1.165) is 28.4 Å². The monoisotopic (exact) mass is 394 g/mol. The lowest BCUT2D eigenvalue weighted by Gasteiger charge is -2.31. The van der Waals surface area contributed by atoms with E-state index < -0.39 is 15.9 Å². The number of sulfone groups is 1. The molecule has 0 amide bonds. The summed E-state index contributed by atoms with van der Waals surface area (Å²) in [6.45, 7) is 0. The minimum absolute atomic E-state index is 0.0457. The van der Waals surface area contributed by atoms with Gasteiger partial charge < -0.3 is 5.11 Å². The van der Waals surface area contributed by atoms with Crippen molar-refractivity contribution in [2.24, 2.45) is 5.92 Å². The molecule has 3 unspecified atom stereocenters. The van der Waals surface area contributed by atoms with E-state index in [1.807, 2.05) is 24.3 Å². The number of aliphatic hydroxyl groups is 1. The van der Waals surface area contributed by atoms with Gasteiger partial charge in [-0.1, -0.05) is 24.6 Å². The highest BCUT2D eigenvalue weighted by molar-refractivity contribution is 14.1. The van der Waals surface area contributed by atoms with Crippen molar-refractivity contribution in [3.63, 3.8) is 0 Å². The molecular weight excluding hydrogens is 375 g/mol. The second-order valence-electron chi connectivity index (χ2n) is 5.34. The van der Waals surface area contributed by atoms with Gasteiger partial charge in [0.25, 0.3) is 0 Å². The molecule has 1 fully saturated rings. The molecule has 0 radical (unpaired) electrons. The summed E-state index contributed by atoms with van der Waals surface area (Å²) >= 11 is 2.21. The van der Waals surface area contributed by atoms with Gasteiger partial charge in [0.15, 0.2) is 0 Å². The Hall–Kier alpha value is -0.140. The van der Waals surface area contributed by atoms with Gasteiger partial charge in [0, 0.05) is 9.83 Å². The van der Waals surface area contributed by atoms with Crippen molar-refractivity contribution in [3.8, 4) is 0 Å². The first kappa shape index (κ1) is 15.3.